The summed E-state index contributed by atoms with van der Waals surface area (Å²) in [5, 5.41) is 50.2. The highest BCUT2D eigenvalue weighted by molar-refractivity contribution is 7.47. The molecule has 0 saturated heterocycles. The summed E-state index contributed by atoms with van der Waals surface area (Å²) in [6.45, 7) is 3.27. The van der Waals surface area contributed by atoms with Crippen molar-refractivity contribution >= 4 is 19.8 Å². The molecule has 0 amide bonds. The van der Waals surface area contributed by atoms with Crippen molar-refractivity contribution in [1.29, 1.82) is 0 Å². The molecule has 6 N–H and O–H groups in total. The van der Waals surface area contributed by atoms with Gasteiger partial charge in [-0.15, -0.1) is 0 Å². The van der Waals surface area contributed by atoms with Crippen LogP contribution in [0.3, 0.4) is 0 Å². The van der Waals surface area contributed by atoms with E-state index >= 15 is 0 Å². The topological polar surface area (TPSA) is 210 Å². The van der Waals surface area contributed by atoms with Crippen molar-refractivity contribution in [2.75, 3.05) is 13.2 Å². The summed E-state index contributed by atoms with van der Waals surface area (Å²) in [5.74, 6) is -1.12. The van der Waals surface area contributed by atoms with Gasteiger partial charge in [0.2, 0.25) is 0 Å². The second-order valence-electron chi connectivity index (χ2n) is 17.0. The lowest BCUT2D eigenvalue weighted by molar-refractivity contribution is -0.220. The van der Waals surface area contributed by atoms with Crippen molar-refractivity contribution < 1.29 is 63.1 Å². The van der Waals surface area contributed by atoms with Crippen LogP contribution in [0.25, 0.3) is 0 Å². The van der Waals surface area contributed by atoms with Crippen molar-refractivity contribution in [2.45, 2.75) is 243 Å². The molecule has 1 aliphatic carbocycles. The Kier molecular flexibility index (Phi) is 35.9. The highest BCUT2D eigenvalue weighted by atomic mass is 31.2. The number of esters is 2. The quantitative estimate of drug-likeness (QED) is 0.0147. The van der Waals surface area contributed by atoms with Crippen LogP contribution in [-0.4, -0.2) is 98.3 Å². The molecule has 1 fully saturated rings. The lowest BCUT2D eigenvalue weighted by Gasteiger charge is -2.41. The van der Waals surface area contributed by atoms with E-state index in [1.807, 2.05) is 0 Å². The van der Waals surface area contributed by atoms with Crippen LogP contribution in [0.2, 0.25) is 0 Å². The zero-order valence-corrected chi connectivity index (χ0v) is 39.3. The van der Waals surface area contributed by atoms with Crippen molar-refractivity contribution in [3.8, 4) is 0 Å². The number of allylic oxidation sites excluding steroid dienone is 6. The highest BCUT2D eigenvalue weighted by Crippen LogP contribution is 2.47. The minimum absolute atomic E-state index is 0.0803. The predicted octanol–water partition coefficient (Wildman–Crippen LogP) is 9.78. The number of ether oxygens (including phenoxy) is 2. The van der Waals surface area contributed by atoms with Gasteiger partial charge >= 0.3 is 19.8 Å². The van der Waals surface area contributed by atoms with Crippen molar-refractivity contribution in [3.05, 3.63) is 36.5 Å². The molecule has 0 aromatic heterocycles. The number of phosphoric ester groups is 1. The van der Waals surface area contributed by atoms with Crippen molar-refractivity contribution in [1.82, 2.24) is 0 Å². The molecule has 62 heavy (non-hydrogen) atoms. The fraction of sp³-hybridized carbons (Fsp3) is 0.833. The molecule has 14 heteroatoms. The average molecular weight is 903 g/mol. The Morgan fingerprint density at radius 1 is 0.500 bits per heavy atom. The Balaban J connectivity index is 2.45. The number of rotatable bonds is 40. The van der Waals surface area contributed by atoms with Gasteiger partial charge in [-0.25, -0.2) is 4.57 Å². The Bertz CT molecular complexity index is 1230. The van der Waals surface area contributed by atoms with Gasteiger partial charge in [0.1, 0.15) is 43.2 Å². The summed E-state index contributed by atoms with van der Waals surface area (Å²) in [6, 6.07) is 0. The largest absolute Gasteiger partial charge is 0.472 e. The van der Waals surface area contributed by atoms with E-state index in [1.54, 1.807) is 0 Å². The Morgan fingerprint density at radius 3 is 1.34 bits per heavy atom. The second kappa shape index (κ2) is 38.3. The Hall–Kier alpha value is -1.93. The number of carbonyl (C=O) groups excluding carboxylic acids is 2. The van der Waals surface area contributed by atoms with E-state index in [-0.39, 0.29) is 12.8 Å². The van der Waals surface area contributed by atoms with Crippen LogP contribution in [0.5, 0.6) is 0 Å². The first-order chi connectivity index (χ1) is 29.9. The van der Waals surface area contributed by atoms with E-state index in [4.69, 9.17) is 18.5 Å². The third-order valence-corrected chi connectivity index (χ3v) is 12.2. The summed E-state index contributed by atoms with van der Waals surface area (Å²) >= 11 is 0. The summed E-state index contributed by atoms with van der Waals surface area (Å²) in [6.07, 6.45) is 30.5. The molecule has 0 heterocycles. The van der Waals surface area contributed by atoms with E-state index in [0.717, 1.165) is 77.0 Å². The van der Waals surface area contributed by atoms with Gasteiger partial charge in [-0.3, -0.25) is 18.6 Å². The summed E-state index contributed by atoms with van der Waals surface area (Å²) in [7, 11) is -5.12. The number of hydrogen-bond donors (Lipinski definition) is 6. The molecule has 1 rings (SSSR count). The maximum Gasteiger partial charge on any atom is 0.472 e. The lowest BCUT2D eigenvalue weighted by Crippen LogP contribution is -2.64. The molecule has 0 aliphatic heterocycles. The second-order valence-corrected chi connectivity index (χ2v) is 18.4. The maximum absolute atomic E-state index is 12.8. The van der Waals surface area contributed by atoms with E-state index < -0.39 is 75.7 Å². The molecular formula is C48H87O13P. The fourth-order valence-corrected chi connectivity index (χ4v) is 8.23. The molecule has 13 nitrogen and oxygen atoms in total. The number of hydrogen-bond acceptors (Lipinski definition) is 12. The molecule has 1 saturated carbocycles. The molecule has 6 unspecified atom stereocenters. The van der Waals surface area contributed by atoms with Gasteiger partial charge < -0.3 is 39.9 Å². The Morgan fingerprint density at radius 2 is 0.871 bits per heavy atom. The van der Waals surface area contributed by atoms with Crippen LogP contribution in [0.15, 0.2) is 36.5 Å². The summed E-state index contributed by atoms with van der Waals surface area (Å²) in [5.41, 5.74) is 0. The minimum atomic E-state index is -5.12. The van der Waals surface area contributed by atoms with Crippen molar-refractivity contribution in [2.24, 2.45) is 0 Å². The van der Waals surface area contributed by atoms with Gasteiger partial charge in [0.15, 0.2) is 6.10 Å². The number of unbranched alkanes of at least 4 members (excludes halogenated alkanes) is 22. The average Bonchev–Trinajstić information content (AvgIpc) is 3.25. The van der Waals surface area contributed by atoms with Crippen LogP contribution in [0.1, 0.15) is 200 Å². The lowest BCUT2D eigenvalue weighted by atomic mass is 9.85. The molecule has 0 spiro atoms. The van der Waals surface area contributed by atoms with Crippen LogP contribution in [-0.2, 0) is 32.7 Å². The molecule has 362 valence electrons. The zero-order chi connectivity index (χ0) is 45.7. The highest BCUT2D eigenvalue weighted by Gasteiger charge is 2.51. The number of carbonyl (C=O) groups is 2. The molecule has 0 radical (unpaired) electrons. The van der Waals surface area contributed by atoms with Gasteiger partial charge in [0.05, 0.1) is 6.61 Å². The van der Waals surface area contributed by atoms with Crippen LogP contribution < -0.4 is 0 Å². The molecule has 0 aromatic rings. The van der Waals surface area contributed by atoms with Crippen LogP contribution >= 0.6 is 7.82 Å². The van der Waals surface area contributed by atoms with E-state index in [1.165, 1.54) is 83.5 Å². The number of phosphoric acid groups is 1. The Labute approximate surface area is 374 Å². The first-order valence-corrected chi connectivity index (χ1v) is 25.8. The van der Waals surface area contributed by atoms with E-state index in [2.05, 4.69) is 50.3 Å². The van der Waals surface area contributed by atoms with Crippen molar-refractivity contribution in [3.63, 3.8) is 0 Å². The molecule has 0 aromatic carbocycles. The SMILES string of the molecule is CCCCCC/C=C\C/C=C\CCCCCCCC(=O)OC(COC(=O)CCCCCCCCC/C=C\CCCCCCCC)COP(=O)(O)OC1C(O)C(O)C(O)C(O)C1O. The molecule has 6 atom stereocenters. The van der Waals surface area contributed by atoms with Gasteiger partial charge in [-0.2, -0.15) is 0 Å². The number of aliphatic hydroxyl groups excluding tert-OH is 5. The third-order valence-electron chi connectivity index (χ3n) is 11.2. The predicted molar refractivity (Wildman–Crippen MR) is 244 cm³/mol. The van der Waals surface area contributed by atoms with Gasteiger partial charge in [0.25, 0.3) is 0 Å². The van der Waals surface area contributed by atoms with Gasteiger partial charge in [-0.1, -0.05) is 153 Å². The first-order valence-electron chi connectivity index (χ1n) is 24.3. The van der Waals surface area contributed by atoms with Gasteiger partial charge in [0, 0.05) is 12.8 Å². The van der Waals surface area contributed by atoms with E-state index in [0.29, 0.717) is 12.8 Å². The number of aliphatic hydroxyl groups is 5. The molecular weight excluding hydrogens is 815 g/mol. The molecule has 0 bridgehead atoms. The fourth-order valence-electron chi connectivity index (χ4n) is 7.25. The normalized spacial score (nSPS) is 22.1. The van der Waals surface area contributed by atoms with Gasteiger partial charge in [-0.05, 0) is 70.6 Å². The standard InChI is InChI=1S/C48H87O13P/c1-3-5-7-9-11-13-15-17-19-21-23-24-26-28-30-32-34-36-41(49)58-38-40(39-59-62(56,57)61-48-46(54)44(52)43(51)45(53)47(48)55)60-42(50)37-35-33-31-29-27-25-22-20-18-16-14-12-10-8-6-4-2/h14,16-17,19-20,22,40,43-48,51-55H,3-13,15,18,21,23-39H2,1-2H3,(H,56,57)/b16-14-,19-17-,22-20-. The zero-order valence-electron chi connectivity index (χ0n) is 38.4. The summed E-state index contributed by atoms with van der Waals surface area (Å²) in [4.78, 5) is 35.7. The smallest absolute Gasteiger partial charge is 0.462 e. The monoisotopic (exact) mass is 903 g/mol. The van der Waals surface area contributed by atoms with Crippen LogP contribution in [0.4, 0.5) is 0 Å². The molecule has 1 aliphatic rings. The van der Waals surface area contributed by atoms with Crippen LogP contribution in [0, 0.1) is 0 Å². The minimum Gasteiger partial charge on any atom is -0.462 e. The van der Waals surface area contributed by atoms with E-state index in [9.17, 15) is 44.6 Å². The maximum atomic E-state index is 12.8. The first kappa shape index (κ1) is 58.1. The third kappa shape index (κ3) is 30.3. The summed E-state index contributed by atoms with van der Waals surface area (Å²) < 4.78 is 33.6.